The second-order valence-electron chi connectivity index (χ2n) is 6.38. The summed E-state index contributed by atoms with van der Waals surface area (Å²) < 4.78 is 5.15. The van der Waals surface area contributed by atoms with E-state index in [0.29, 0.717) is 5.69 Å². The molecule has 0 fully saturated rings. The van der Waals surface area contributed by atoms with Gasteiger partial charge in [0.15, 0.2) is 0 Å². The fourth-order valence-corrected chi connectivity index (χ4v) is 2.13. The maximum absolute atomic E-state index is 12.3. The Balaban J connectivity index is 2.04. The first kappa shape index (κ1) is 16.8. The minimum atomic E-state index is -0.705. The van der Waals surface area contributed by atoms with Crippen molar-refractivity contribution in [2.75, 3.05) is 5.32 Å². The minimum absolute atomic E-state index is 0.299. The van der Waals surface area contributed by atoms with Crippen molar-refractivity contribution < 1.29 is 14.3 Å². The molecule has 0 spiro atoms. The highest BCUT2D eigenvalue weighted by molar-refractivity contribution is 6.04. The number of alkyl carbamates (subject to hydrolysis) is 1. The zero-order chi connectivity index (χ0) is 17.0. The van der Waals surface area contributed by atoms with Crippen molar-refractivity contribution in [1.82, 2.24) is 5.32 Å². The zero-order valence-electron chi connectivity index (χ0n) is 13.8. The van der Waals surface area contributed by atoms with Crippen LogP contribution in [0, 0.1) is 0 Å². The van der Waals surface area contributed by atoms with Gasteiger partial charge < -0.3 is 15.4 Å². The number of nitrogens with one attached hydrogen (secondary N) is 2. The van der Waals surface area contributed by atoms with E-state index in [1.54, 1.807) is 27.7 Å². The van der Waals surface area contributed by atoms with Gasteiger partial charge in [-0.1, -0.05) is 36.4 Å². The fraction of sp³-hybridized carbons (Fsp3) is 0.333. The van der Waals surface area contributed by atoms with E-state index < -0.39 is 17.7 Å². The van der Waals surface area contributed by atoms with E-state index >= 15 is 0 Å². The van der Waals surface area contributed by atoms with Gasteiger partial charge in [-0.15, -0.1) is 0 Å². The van der Waals surface area contributed by atoms with Crippen molar-refractivity contribution in [2.45, 2.75) is 39.3 Å². The van der Waals surface area contributed by atoms with Gasteiger partial charge >= 0.3 is 6.09 Å². The van der Waals surface area contributed by atoms with Gasteiger partial charge in [-0.2, -0.15) is 0 Å². The molecular formula is C18H22N2O3. The average molecular weight is 314 g/mol. The first-order valence-electron chi connectivity index (χ1n) is 7.54. The van der Waals surface area contributed by atoms with Crippen LogP contribution in [0.3, 0.4) is 0 Å². The molecule has 0 bridgehead atoms. The third-order valence-electron chi connectivity index (χ3n) is 3.17. The summed E-state index contributed by atoms with van der Waals surface area (Å²) in [6.07, 6.45) is -0.613. The third-order valence-corrected chi connectivity index (χ3v) is 3.17. The number of amides is 2. The summed E-state index contributed by atoms with van der Waals surface area (Å²) >= 11 is 0. The second-order valence-corrected chi connectivity index (χ2v) is 6.38. The number of carbonyl (C=O) groups is 2. The molecule has 2 amide bonds. The zero-order valence-corrected chi connectivity index (χ0v) is 13.8. The first-order valence-corrected chi connectivity index (χ1v) is 7.54. The highest BCUT2D eigenvalue weighted by Gasteiger charge is 2.21. The molecule has 1 unspecified atom stereocenters. The van der Waals surface area contributed by atoms with Crippen LogP contribution in [0.2, 0.25) is 0 Å². The van der Waals surface area contributed by atoms with Crippen LogP contribution in [0.5, 0.6) is 0 Å². The van der Waals surface area contributed by atoms with Crippen molar-refractivity contribution in [3.05, 3.63) is 42.5 Å². The van der Waals surface area contributed by atoms with Gasteiger partial charge in [0.05, 0.1) is 0 Å². The van der Waals surface area contributed by atoms with E-state index in [1.165, 1.54) is 0 Å². The van der Waals surface area contributed by atoms with E-state index in [-0.39, 0.29) is 5.91 Å². The van der Waals surface area contributed by atoms with Gasteiger partial charge in [-0.3, -0.25) is 4.79 Å². The molecule has 2 aromatic carbocycles. The summed E-state index contributed by atoms with van der Waals surface area (Å²) in [6.45, 7) is 6.93. The number of carbonyl (C=O) groups excluding carboxylic acids is 2. The number of anilines is 1. The van der Waals surface area contributed by atoms with Gasteiger partial charge in [0, 0.05) is 11.1 Å². The van der Waals surface area contributed by atoms with Crippen LogP contribution >= 0.6 is 0 Å². The molecule has 0 heterocycles. The van der Waals surface area contributed by atoms with E-state index in [0.717, 1.165) is 10.8 Å². The Bertz CT molecular complexity index is 714. The standard InChI is InChI=1S/C18H22N2O3/c1-12(19-17(22)23-18(2,3)4)16(21)20-15-11-7-9-13-8-5-6-10-14(13)15/h5-12H,1-4H3,(H,19,22)(H,20,21). The molecule has 0 aliphatic carbocycles. The first-order chi connectivity index (χ1) is 10.8. The Morgan fingerprint density at radius 2 is 1.70 bits per heavy atom. The molecule has 2 rings (SSSR count). The number of hydrogen-bond donors (Lipinski definition) is 2. The van der Waals surface area contributed by atoms with Gasteiger partial charge in [0.25, 0.3) is 0 Å². The summed E-state index contributed by atoms with van der Waals surface area (Å²) in [5, 5.41) is 7.37. The van der Waals surface area contributed by atoms with Crippen molar-refractivity contribution >= 4 is 28.5 Å². The molecule has 0 saturated heterocycles. The number of hydrogen-bond acceptors (Lipinski definition) is 3. The Labute approximate surface area is 136 Å². The summed E-state index contributed by atoms with van der Waals surface area (Å²) in [6, 6.07) is 12.8. The number of benzene rings is 2. The fourth-order valence-electron chi connectivity index (χ4n) is 2.13. The molecule has 122 valence electrons. The van der Waals surface area contributed by atoms with Crippen LogP contribution in [0.25, 0.3) is 10.8 Å². The van der Waals surface area contributed by atoms with Crippen LogP contribution in [0.15, 0.2) is 42.5 Å². The summed E-state index contributed by atoms with van der Waals surface area (Å²) in [5.41, 5.74) is 0.113. The van der Waals surface area contributed by atoms with Gasteiger partial charge in [0.1, 0.15) is 11.6 Å². The number of ether oxygens (including phenoxy) is 1. The SMILES string of the molecule is CC(NC(=O)OC(C)(C)C)C(=O)Nc1cccc2ccccc12. The molecular weight excluding hydrogens is 292 g/mol. The molecule has 0 aromatic heterocycles. The molecule has 1 atom stereocenters. The smallest absolute Gasteiger partial charge is 0.408 e. The molecule has 5 nitrogen and oxygen atoms in total. The van der Waals surface area contributed by atoms with E-state index in [1.807, 2.05) is 42.5 Å². The van der Waals surface area contributed by atoms with Crippen molar-refractivity contribution in [3.63, 3.8) is 0 Å². The summed E-state index contributed by atoms with van der Waals surface area (Å²) in [5.74, 6) is -0.299. The van der Waals surface area contributed by atoms with Crippen LogP contribution in [0.1, 0.15) is 27.7 Å². The number of rotatable bonds is 3. The predicted octanol–water partition coefficient (Wildman–Crippen LogP) is 3.69. The molecule has 5 heteroatoms. The molecule has 0 saturated carbocycles. The minimum Gasteiger partial charge on any atom is -0.444 e. The molecule has 0 aliphatic rings. The van der Waals surface area contributed by atoms with E-state index in [2.05, 4.69) is 10.6 Å². The van der Waals surface area contributed by atoms with Crippen molar-refractivity contribution in [2.24, 2.45) is 0 Å². The monoisotopic (exact) mass is 314 g/mol. The van der Waals surface area contributed by atoms with Crippen molar-refractivity contribution in [1.29, 1.82) is 0 Å². The molecule has 2 N–H and O–H groups in total. The lowest BCUT2D eigenvalue weighted by Gasteiger charge is -2.21. The molecule has 23 heavy (non-hydrogen) atoms. The largest absolute Gasteiger partial charge is 0.444 e. The van der Waals surface area contributed by atoms with Crippen LogP contribution in [-0.2, 0) is 9.53 Å². The lowest BCUT2D eigenvalue weighted by Crippen LogP contribution is -2.44. The predicted molar refractivity (Wildman–Crippen MR) is 91.4 cm³/mol. The summed E-state index contributed by atoms with van der Waals surface area (Å²) in [4.78, 5) is 24.0. The average Bonchev–Trinajstić information content (AvgIpc) is 2.45. The highest BCUT2D eigenvalue weighted by Crippen LogP contribution is 2.23. The van der Waals surface area contributed by atoms with Gasteiger partial charge in [0.2, 0.25) is 5.91 Å². The quantitative estimate of drug-likeness (QED) is 0.908. The molecule has 0 aliphatic heterocycles. The van der Waals surface area contributed by atoms with Gasteiger partial charge in [-0.05, 0) is 39.1 Å². The van der Waals surface area contributed by atoms with Gasteiger partial charge in [-0.25, -0.2) is 4.79 Å². The Morgan fingerprint density at radius 3 is 2.39 bits per heavy atom. The Morgan fingerprint density at radius 1 is 1.04 bits per heavy atom. The summed E-state index contributed by atoms with van der Waals surface area (Å²) in [7, 11) is 0. The second kappa shape index (κ2) is 6.69. The van der Waals surface area contributed by atoms with Crippen LogP contribution in [0.4, 0.5) is 10.5 Å². The Kier molecular flexibility index (Phi) is 4.89. The maximum atomic E-state index is 12.3. The third kappa shape index (κ3) is 4.71. The van der Waals surface area contributed by atoms with Crippen molar-refractivity contribution in [3.8, 4) is 0 Å². The van der Waals surface area contributed by atoms with E-state index in [4.69, 9.17) is 4.74 Å². The Hall–Kier alpha value is -2.56. The maximum Gasteiger partial charge on any atom is 0.408 e. The van der Waals surface area contributed by atoms with Crippen LogP contribution in [-0.4, -0.2) is 23.6 Å². The molecule has 0 radical (unpaired) electrons. The number of fused-ring (bicyclic) bond motifs is 1. The lowest BCUT2D eigenvalue weighted by molar-refractivity contribution is -0.117. The molecule has 2 aromatic rings. The topological polar surface area (TPSA) is 67.4 Å². The normalized spacial score (nSPS) is 12.5. The van der Waals surface area contributed by atoms with E-state index in [9.17, 15) is 9.59 Å². The lowest BCUT2D eigenvalue weighted by atomic mass is 10.1. The highest BCUT2D eigenvalue weighted by atomic mass is 16.6. The van der Waals surface area contributed by atoms with Crippen LogP contribution < -0.4 is 10.6 Å².